The Balaban J connectivity index is 2.00. The van der Waals surface area contributed by atoms with E-state index in [1.165, 1.54) is 96.3 Å². The highest BCUT2D eigenvalue weighted by Crippen LogP contribution is 2.34. The normalized spacial score (nSPS) is 17.9. The first-order valence-corrected chi connectivity index (χ1v) is 13.0. The van der Waals surface area contributed by atoms with Crippen LogP contribution < -0.4 is 0 Å². The summed E-state index contributed by atoms with van der Waals surface area (Å²) in [5.74, 6) is -0.561. The molecule has 1 aliphatic heterocycles. The molecule has 1 saturated heterocycles. The van der Waals surface area contributed by atoms with Crippen molar-refractivity contribution in [3.05, 3.63) is 0 Å². The van der Waals surface area contributed by atoms with Gasteiger partial charge in [-0.1, -0.05) is 123 Å². The summed E-state index contributed by atoms with van der Waals surface area (Å²) >= 11 is 0. The second-order valence-corrected chi connectivity index (χ2v) is 9.36. The Morgan fingerprint density at radius 2 is 1.10 bits per heavy atom. The van der Waals surface area contributed by atoms with Crippen molar-refractivity contribution >= 4 is 5.97 Å². The average Bonchev–Trinajstić information content (AvgIpc) is 3.54. The van der Waals surface area contributed by atoms with E-state index in [0.29, 0.717) is 0 Å². The Kier molecular flexibility index (Phi) is 16.6. The van der Waals surface area contributed by atoms with Gasteiger partial charge in [0, 0.05) is 5.92 Å². The van der Waals surface area contributed by atoms with Gasteiger partial charge in [-0.15, -0.1) is 0 Å². The number of rotatable bonds is 22. The maximum Gasteiger partial charge on any atom is 0.306 e. The van der Waals surface area contributed by atoms with Crippen molar-refractivity contribution in [3.8, 4) is 0 Å². The summed E-state index contributed by atoms with van der Waals surface area (Å²) in [6, 6.07) is 0. The van der Waals surface area contributed by atoms with Crippen LogP contribution in [0.4, 0.5) is 0 Å². The van der Waals surface area contributed by atoms with Crippen molar-refractivity contribution in [2.45, 2.75) is 142 Å². The van der Waals surface area contributed by atoms with Gasteiger partial charge in [0.15, 0.2) is 0 Å². The number of aliphatic carboxylic acids is 1. The lowest BCUT2D eigenvalue weighted by Gasteiger charge is -2.22. The molecule has 3 nitrogen and oxygen atoms in total. The molecule has 0 radical (unpaired) electrons. The molecule has 0 aliphatic carbocycles. The monoisotopic (exact) mass is 410 g/mol. The highest BCUT2D eigenvalue weighted by atomic mass is 16.6. The quantitative estimate of drug-likeness (QED) is 0.145. The van der Waals surface area contributed by atoms with Crippen molar-refractivity contribution in [1.29, 1.82) is 0 Å². The van der Waals surface area contributed by atoms with Gasteiger partial charge in [-0.25, -0.2) is 0 Å². The lowest BCUT2D eigenvalue weighted by Crippen LogP contribution is -2.27. The third-order valence-corrected chi connectivity index (χ3v) is 6.68. The first-order chi connectivity index (χ1) is 14.2. The van der Waals surface area contributed by atoms with Gasteiger partial charge < -0.3 is 9.84 Å². The largest absolute Gasteiger partial charge is 0.481 e. The van der Waals surface area contributed by atoms with Crippen LogP contribution in [0.5, 0.6) is 0 Å². The minimum absolute atomic E-state index is 0.198. The molecule has 172 valence electrons. The van der Waals surface area contributed by atoms with Crippen LogP contribution in [0.2, 0.25) is 0 Å². The molecule has 3 unspecified atom stereocenters. The summed E-state index contributed by atoms with van der Waals surface area (Å²) in [5, 5.41) is 9.73. The van der Waals surface area contributed by atoms with E-state index in [4.69, 9.17) is 4.74 Å². The summed E-state index contributed by atoms with van der Waals surface area (Å²) < 4.78 is 5.49. The second kappa shape index (κ2) is 18.2. The number of hydrogen-bond donors (Lipinski definition) is 1. The predicted octanol–water partition coefficient (Wildman–Crippen LogP) is 8.15. The van der Waals surface area contributed by atoms with E-state index in [2.05, 4.69) is 13.8 Å². The number of hydrogen-bond acceptors (Lipinski definition) is 2. The molecule has 0 aromatic rings. The molecular weight excluding hydrogens is 360 g/mol. The fraction of sp³-hybridized carbons (Fsp3) is 0.962. The Labute approximate surface area is 181 Å². The van der Waals surface area contributed by atoms with Crippen molar-refractivity contribution in [3.63, 3.8) is 0 Å². The number of ether oxygens (including phenoxy) is 1. The molecule has 1 aliphatic rings. The highest BCUT2D eigenvalue weighted by Gasteiger charge is 2.40. The van der Waals surface area contributed by atoms with Crippen LogP contribution in [-0.2, 0) is 9.53 Å². The minimum Gasteiger partial charge on any atom is -0.481 e. The molecule has 0 aromatic carbocycles. The molecular formula is C26H50O3. The summed E-state index contributed by atoms with van der Waals surface area (Å²) in [5.41, 5.74) is 0. The Morgan fingerprint density at radius 1 is 0.724 bits per heavy atom. The molecule has 3 heteroatoms. The molecule has 0 saturated carbocycles. The zero-order valence-electron chi connectivity index (χ0n) is 19.6. The summed E-state index contributed by atoms with van der Waals surface area (Å²) in [6.07, 6.45) is 24.4. The molecule has 0 aromatic heterocycles. The van der Waals surface area contributed by atoms with E-state index in [1.54, 1.807) is 0 Å². The van der Waals surface area contributed by atoms with Crippen molar-refractivity contribution in [1.82, 2.24) is 0 Å². The second-order valence-electron chi connectivity index (χ2n) is 9.36. The Morgan fingerprint density at radius 3 is 1.52 bits per heavy atom. The van der Waals surface area contributed by atoms with Gasteiger partial charge in [-0.05, 0) is 12.8 Å². The topological polar surface area (TPSA) is 49.8 Å². The standard InChI is InChI=1S/C26H50O3/c1-3-5-7-8-9-10-11-12-13-14-15-16-17-19-21-24(26(27)28)23(25-22-29-25)20-18-6-4-2/h23-25H,3-22H2,1-2H3,(H,27,28). The van der Waals surface area contributed by atoms with Gasteiger partial charge in [0.05, 0.1) is 18.6 Å². The van der Waals surface area contributed by atoms with Gasteiger partial charge in [0.1, 0.15) is 0 Å². The van der Waals surface area contributed by atoms with Crippen molar-refractivity contribution in [2.75, 3.05) is 6.61 Å². The number of epoxide rings is 1. The third kappa shape index (κ3) is 14.1. The smallest absolute Gasteiger partial charge is 0.306 e. The van der Waals surface area contributed by atoms with E-state index < -0.39 is 5.97 Å². The number of carbonyl (C=O) groups is 1. The summed E-state index contributed by atoms with van der Waals surface area (Å²) in [7, 11) is 0. The molecule has 1 N–H and O–H groups in total. The van der Waals surface area contributed by atoms with Gasteiger partial charge in [-0.2, -0.15) is 0 Å². The first kappa shape index (κ1) is 26.5. The van der Waals surface area contributed by atoms with E-state index in [1.807, 2.05) is 0 Å². The van der Waals surface area contributed by atoms with Crippen molar-refractivity contribution < 1.29 is 14.6 Å². The molecule has 1 heterocycles. The van der Waals surface area contributed by atoms with Gasteiger partial charge in [0.2, 0.25) is 0 Å². The summed E-state index contributed by atoms with van der Waals surface area (Å²) in [6.45, 7) is 5.25. The van der Waals surface area contributed by atoms with Crippen LogP contribution in [0.1, 0.15) is 136 Å². The Hall–Kier alpha value is -0.570. The molecule has 0 spiro atoms. The van der Waals surface area contributed by atoms with E-state index in [9.17, 15) is 9.90 Å². The average molecular weight is 411 g/mol. The summed E-state index contributed by atoms with van der Waals surface area (Å²) in [4.78, 5) is 11.8. The molecule has 3 atom stereocenters. The fourth-order valence-electron chi connectivity index (χ4n) is 4.66. The third-order valence-electron chi connectivity index (χ3n) is 6.68. The maximum atomic E-state index is 11.8. The van der Waals surface area contributed by atoms with Gasteiger partial charge in [-0.3, -0.25) is 4.79 Å². The van der Waals surface area contributed by atoms with Crippen LogP contribution in [0.25, 0.3) is 0 Å². The lowest BCUT2D eigenvalue weighted by atomic mass is 9.82. The molecule has 1 rings (SSSR count). The predicted molar refractivity (Wildman–Crippen MR) is 123 cm³/mol. The first-order valence-electron chi connectivity index (χ1n) is 13.0. The molecule has 0 amide bonds. The SMILES string of the molecule is CCCCCCCCCCCCCCCCC(C(=O)O)C(CCCCC)C1CO1. The zero-order chi connectivity index (χ0) is 21.2. The van der Waals surface area contributed by atoms with E-state index >= 15 is 0 Å². The van der Waals surface area contributed by atoms with Crippen molar-refractivity contribution in [2.24, 2.45) is 11.8 Å². The fourth-order valence-corrected chi connectivity index (χ4v) is 4.66. The van der Waals surface area contributed by atoms with E-state index in [0.717, 1.165) is 32.3 Å². The van der Waals surface area contributed by atoms with Crippen LogP contribution in [0.15, 0.2) is 0 Å². The molecule has 0 bridgehead atoms. The zero-order valence-corrected chi connectivity index (χ0v) is 19.6. The Bertz CT molecular complexity index is 378. The number of unbranched alkanes of at least 4 members (excludes halogenated alkanes) is 15. The lowest BCUT2D eigenvalue weighted by molar-refractivity contribution is -0.144. The maximum absolute atomic E-state index is 11.8. The van der Waals surface area contributed by atoms with Crippen LogP contribution in [-0.4, -0.2) is 23.8 Å². The van der Waals surface area contributed by atoms with Crippen LogP contribution in [0.3, 0.4) is 0 Å². The molecule has 1 fully saturated rings. The minimum atomic E-state index is -0.600. The van der Waals surface area contributed by atoms with Crippen LogP contribution >= 0.6 is 0 Å². The van der Waals surface area contributed by atoms with Gasteiger partial charge in [0.25, 0.3) is 0 Å². The molecule has 29 heavy (non-hydrogen) atoms. The van der Waals surface area contributed by atoms with Crippen LogP contribution in [0, 0.1) is 11.8 Å². The number of carboxylic acid groups (broad SMARTS) is 1. The van der Waals surface area contributed by atoms with E-state index in [-0.39, 0.29) is 17.9 Å². The highest BCUT2D eigenvalue weighted by molar-refractivity contribution is 5.70. The number of carboxylic acids is 1. The van der Waals surface area contributed by atoms with Gasteiger partial charge >= 0.3 is 5.97 Å².